The van der Waals surface area contributed by atoms with E-state index in [1.807, 2.05) is 24.3 Å². The molecule has 0 spiro atoms. The molecule has 0 saturated carbocycles. The Balaban J connectivity index is 1.41. The van der Waals surface area contributed by atoms with E-state index in [-0.39, 0.29) is 29.7 Å². The summed E-state index contributed by atoms with van der Waals surface area (Å²) in [6.45, 7) is 0. The van der Waals surface area contributed by atoms with Crippen molar-refractivity contribution in [2.24, 2.45) is 0 Å². The second-order valence-corrected chi connectivity index (χ2v) is 6.33. The van der Waals surface area contributed by atoms with Crippen LogP contribution in [-0.2, 0) is 17.6 Å². The number of rotatable bonds is 4. The Bertz CT molecular complexity index is 937. The largest absolute Gasteiger partial charge is 0.390 e. The minimum absolute atomic E-state index is 0.165. The summed E-state index contributed by atoms with van der Waals surface area (Å²) >= 11 is 0. The summed E-state index contributed by atoms with van der Waals surface area (Å²) in [5.41, 5.74) is 2.94. The minimum atomic E-state index is -0.610. The van der Waals surface area contributed by atoms with Gasteiger partial charge in [-0.3, -0.25) is 4.79 Å². The molecule has 5 nitrogen and oxygen atoms in total. The first-order valence-electron chi connectivity index (χ1n) is 8.30. The highest BCUT2D eigenvalue weighted by Gasteiger charge is 2.31. The zero-order valence-electron chi connectivity index (χ0n) is 13.5. The maximum absolute atomic E-state index is 13.7. The number of para-hydroxylation sites is 1. The number of aliphatic hydroxyl groups is 1. The summed E-state index contributed by atoms with van der Waals surface area (Å²) in [6.07, 6.45) is 0.531. The topological polar surface area (TPSA) is 78.0 Å². The molecule has 0 fully saturated rings. The summed E-state index contributed by atoms with van der Waals surface area (Å²) in [5, 5.41) is 13.1. The summed E-state index contributed by atoms with van der Waals surface area (Å²) in [4.78, 5) is 19.5. The highest BCUT2D eigenvalue weighted by molar-refractivity contribution is 5.78. The lowest BCUT2D eigenvalue weighted by molar-refractivity contribution is -0.122. The zero-order valence-corrected chi connectivity index (χ0v) is 13.5. The van der Waals surface area contributed by atoms with E-state index in [1.54, 1.807) is 12.1 Å². The van der Waals surface area contributed by atoms with E-state index in [4.69, 9.17) is 0 Å². The number of hydrogen-bond acceptors (Lipinski definition) is 3. The van der Waals surface area contributed by atoms with E-state index in [0.717, 1.165) is 11.1 Å². The number of aromatic amines is 1. The van der Waals surface area contributed by atoms with Gasteiger partial charge in [0.15, 0.2) is 5.82 Å². The molecular weight excluding hydrogens is 321 g/mol. The van der Waals surface area contributed by atoms with Gasteiger partial charge >= 0.3 is 0 Å². The van der Waals surface area contributed by atoms with Crippen molar-refractivity contribution in [1.29, 1.82) is 0 Å². The van der Waals surface area contributed by atoms with Gasteiger partial charge in [0, 0.05) is 19.3 Å². The van der Waals surface area contributed by atoms with Crippen LogP contribution in [-0.4, -0.2) is 27.1 Å². The third kappa shape index (κ3) is 3.00. The Morgan fingerprint density at radius 2 is 2.12 bits per heavy atom. The third-order valence-electron chi connectivity index (χ3n) is 4.62. The van der Waals surface area contributed by atoms with Gasteiger partial charge in [0.1, 0.15) is 11.3 Å². The fourth-order valence-electron chi connectivity index (χ4n) is 3.39. The number of nitrogens with one attached hydrogen (secondary N) is 2. The molecule has 0 unspecified atom stereocenters. The molecule has 3 aromatic rings. The van der Waals surface area contributed by atoms with Crippen molar-refractivity contribution < 1.29 is 14.3 Å². The van der Waals surface area contributed by atoms with Gasteiger partial charge in [0.25, 0.3) is 0 Å². The minimum Gasteiger partial charge on any atom is -0.390 e. The summed E-state index contributed by atoms with van der Waals surface area (Å²) in [5.74, 6) is 0.0273. The van der Waals surface area contributed by atoms with Gasteiger partial charge < -0.3 is 15.4 Å². The molecular formula is C19H18FN3O2. The SMILES string of the molecule is O=C(CCc1nc2c(F)cccc2[nH]1)N[C@@H]1c2ccccc2C[C@@H]1O. The fraction of sp³-hybridized carbons (Fsp3) is 0.263. The smallest absolute Gasteiger partial charge is 0.221 e. The summed E-state index contributed by atoms with van der Waals surface area (Å²) < 4.78 is 13.7. The van der Waals surface area contributed by atoms with Crippen LogP contribution in [0.25, 0.3) is 11.0 Å². The first kappa shape index (κ1) is 15.8. The van der Waals surface area contributed by atoms with Gasteiger partial charge in [-0.25, -0.2) is 9.37 Å². The fourth-order valence-corrected chi connectivity index (χ4v) is 3.39. The van der Waals surface area contributed by atoms with Crippen LogP contribution in [0.2, 0.25) is 0 Å². The second kappa shape index (κ2) is 6.29. The van der Waals surface area contributed by atoms with Crippen molar-refractivity contribution in [2.75, 3.05) is 0 Å². The Kier molecular flexibility index (Phi) is 3.97. The number of aliphatic hydroxyl groups excluding tert-OH is 1. The first-order valence-corrected chi connectivity index (χ1v) is 8.30. The van der Waals surface area contributed by atoms with E-state index in [2.05, 4.69) is 15.3 Å². The monoisotopic (exact) mass is 339 g/mol. The molecule has 1 aromatic heterocycles. The Labute approximate surface area is 143 Å². The highest BCUT2D eigenvalue weighted by Crippen LogP contribution is 2.31. The van der Waals surface area contributed by atoms with Gasteiger partial charge in [-0.1, -0.05) is 30.3 Å². The van der Waals surface area contributed by atoms with Crippen LogP contribution in [0.1, 0.15) is 29.4 Å². The number of carbonyl (C=O) groups excluding carboxylic acids is 1. The average Bonchev–Trinajstić information content (AvgIpc) is 3.15. The molecule has 1 heterocycles. The lowest BCUT2D eigenvalue weighted by Crippen LogP contribution is -2.34. The predicted molar refractivity (Wildman–Crippen MR) is 91.4 cm³/mol. The van der Waals surface area contributed by atoms with Gasteiger partial charge in [-0.05, 0) is 23.3 Å². The van der Waals surface area contributed by atoms with Crippen molar-refractivity contribution in [3.05, 3.63) is 65.2 Å². The number of aryl methyl sites for hydroxylation is 1. The third-order valence-corrected chi connectivity index (χ3v) is 4.62. The molecule has 0 aliphatic heterocycles. The van der Waals surface area contributed by atoms with E-state index in [9.17, 15) is 14.3 Å². The predicted octanol–water partition coefficient (Wildman–Crippen LogP) is 2.41. The van der Waals surface area contributed by atoms with Crippen molar-refractivity contribution in [3.63, 3.8) is 0 Å². The number of imidazole rings is 1. The Morgan fingerprint density at radius 1 is 1.28 bits per heavy atom. The number of nitrogens with zero attached hydrogens (tertiary/aromatic N) is 1. The molecule has 0 saturated heterocycles. The molecule has 0 bridgehead atoms. The standard InChI is InChI=1S/C19H18FN3O2/c20-13-6-3-7-14-19(13)22-16(21-14)8-9-17(25)23-18-12-5-2-1-4-11(12)10-15(18)24/h1-7,15,18,24H,8-10H2,(H,21,22)(H,23,25)/t15-,18+/m0/s1. The number of amides is 1. The van der Waals surface area contributed by atoms with Crippen LogP contribution in [0, 0.1) is 5.82 Å². The van der Waals surface area contributed by atoms with E-state index < -0.39 is 6.10 Å². The molecule has 25 heavy (non-hydrogen) atoms. The molecule has 6 heteroatoms. The maximum atomic E-state index is 13.7. The van der Waals surface area contributed by atoms with Gasteiger partial charge in [0.2, 0.25) is 5.91 Å². The highest BCUT2D eigenvalue weighted by atomic mass is 19.1. The van der Waals surface area contributed by atoms with Crippen LogP contribution in [0.5, 0.6) is 0 Å². The van der Waals surface area contributed by atoms with Gasteiger partial charge in [0.05, 0.1) is 17.7 Å². The number of carbonyl (C=O) groups is 1. The van der Waals surface area contributed by atoms with E-state index in [1.165, 1.54) is 6.07 Å². The molecule has 0 radical (unpaired) electrons. The van der Waals surface area contributed by atoms with Crippen molar-refractivity contribution >= 4 is 16.9 Å². The van der Waals surface area contributed by atoms with Crippen LogP contribution in [0.3, 0.4) is 0 Å². The van der Waals surface area contributed by atoms with Crippen molar-refractivity contribution in [1.82, 2.24) is 15.3 Å². The lowest BCUT2D eigenvalue weighted by Gasteiger charge is -2.17. The molecule has 1 amide bonds. The van der Waals surface area contributed by atoms with E-state index in [0.29, 0.717) is 24.2 Å². The number of benzene rings is 2. The normalized spacial score (nSPS) is 19.1. The van der Waals surface area contributed by atoms with Crippen LogP contribution in [0.15, 0.2) is 42.5 Å². The average molecular weight is 339 g/mol. The maximum Gasteiger partial charge on any atom is 0.221 e. The molecule has 1 aliphatic rings. The molecule has 128 valence electrons. The Morgan fingerprint density at radius 3 is 2.96 bits per heavy atom. The van der Waals surface area contributed by atoms with Crippen LogP contribution >= 0.6 is 0 Å². The molecule has 3 N–H and O–H groups in total. The van der Waals surface area contributed by atoms with Crippen molar-refractivity contribution in [2.45, 2.75) is 31.4 Å². The molecule has 2 aromatic carbocycles. The van der Waals surface area contributed by atoms with E-state index >= 15 is 0 Å². The first-order chi connectivity index (χ1) is 12.1. The second-order valence-electron chi connectivity index (χ2n) is 6.33. The Hall–Kier alpha value is -2.73. The summed E-state index contributed by atoms with van der Waals surface area (Å²) in [6, 6.07) is 12.1. The molecule has 2 atom stereocenters. The van der Waals surface area contributed by atoms with Gasteiger partial charge in [-0.2, -0.15) is 0 Å². The quantitative estimate of drug-likeness (QED) is 0.683. The number of H-pyrrole nitrogens is 1. The lowest BCUT2D eigenvalue weighted by atomic mass is 10.1. The number of halogens is 1. The van der Waals surface area contributed by atoms with Crippen LogP contribution in [0.4, 0.5) is 4.39 Å². The zero-order chi connectivity index (χ0) is 17.4. The van der Waals surface area contributed by atoms with Crippen LogP contribution < -0.4 is 5.32 Å². The summed E-state index contributed by atoms with van der Waals surface area (Å²) in [7, 11) is 0. The number of hydrogen-bond donors (Lipinski definition) is 3. The molecule has 1 aliphatic carbocycles. The van der Waals surface area contributed by atoms with Gasteiger partial charge in [-0.15, -0.1) is 0 Å². The number of fused-ring (bicyclic) bond motifs is 2. The number of aromatic nitrogens is 2. The molecule has 4 rings (SSSR count). The van der Waals surface area contributed by atoms with Crippen molar-refractivity contribution in [3.8, 4) is 0 Å².